The average molecular weight is 210 g/mol. The van der Waals surface area contributed by atoms with Crippen molar-refractivity contribution in [2.24, 2.45) is 11.7 Å². The fraction of sp³-hybridized carbons (Fsp3) is 1.00. The van der Waals surface area contributed by atoms with Gasteiger partial charge in [-0.3, -0.25) is 0 Å². The second kappa shape index (κ2) is 3.17. The van der Waals surface area contributed by atoms with Crippen molar-refractivity contribution in [2.75, 3.05) is 6.61 Å². The van der Waals surface area contributed by atoms with Crippen LogP contribution in [0.2, 0.25) is 0 Å². The van der Waals surface area contributed by atoms with Gasteiger partial charge in [0, 0.05) is 18.6 Å². The minimum Gasteiger partial charge on any atom is -0.396 e. The van der Waals surface area contributed by atoms with Crippen molar-refractivity contribution in [3.05, 3.63) is 0 Å². The molecule has 0 spiro atoms. The van der Waals surface area contributed by atoms with E-state index in [0.717, 1.165) is 0 Å². The van der Waals surface area contributed by atoms with Crippen molar-refractivity contribution in [1.29, 1.82) is 0 Å². The Bertz CT molecular complexity index is 122. The van der Waals surface area contributed by atoms with E-state index in [1.54, 1.807) is 0 Å². The van der Waals surface area contributed by atoms with Gasteiger partial charge < -0.3 is 15.9 Å². The average Bonchev–Trinajstić information content (AvgIpc) is 2.17. The quantitative estimate of drug-likeness (QED) is 0.509. The lowest BCUT2D eigenvalue weighted by molar-refractivity contribution is 0.0947. The molecule has 60 valence electrons. The highest BCUT2D eigenvalue weighted by molar-refractivity contribution is 9.09. The molecule has 3 nitrogen and oxygen atoms in total. The van der Waals surface area contributed by atoms with E-state index in [1.165, 1.54) is 0 Å². The molecule has 1 fully saturated rings. The van der Waals surface area contributed by atoms with E-state index < -0.39 is 6.10 Å². The minimum atomic E-state index is -0.486. The van der Waals surface area contributed by atoms with Gasteiger partial charge in [-0.1, -0.05) is 15.9 Å². The Morgan fingerprint density at radius 3 is 2.40 bits per heavy atom. The smallest absolute Gasteiger partial charge is 0.0730 e. The van der Waals surface area contributed by atoms with Crippen molar-refractivity contribution in [1.82, 2.24) is 0 Å². The zero-order valence-corrected chi connectivity index (χ0v) is 7.16. The Hall–Kier alpha value is 0.360. The molecule has 1 saturated carbocycles. The van der Waals surface area contributed by atoms with Crippen LogP contribution >= 0.6 is 15.9 Å². The molecule has 1 unspecified atom stereocenters. The van der Waals surface area contributed by atoms with E-state index in [1.807, 2.05) is 0 Å². The first-order valence-electron chi connectivity index (χ1n) is 3.35. The second-order valence-electron chi connectivity index (χ2n) is 2.78. The summed E-state index contributed by atoms with van der Waals surface area (Å²) in [5.74, 6) is -0.0422. The van der Waals surface area contributed by atoms with Gasteiger partial charge in [0.15, 0.2) is 0 Å². The van der Waals surface area contributed by atoms with Gasteiger partial charge >= 0.3 is 0 Å². The molecule has 1 aliphatic carbocycles. The Balaban J connectivity index is 2.53. The zero-order chi connectivity index (χ0) is 7.72. The molecular formula is C6H12BrNO2. The maximum absolute atomic E-state index is 9.34. The van der Waals surface area contributed by atoms with Crippen molar-refractivity contribution < 1.29 is 10.2 Å². The molecule has 4 heteroatoms. The molecule has 0 heterocycles. The fourth-order valence-electron chi connectivity index (χ4n) is 1.31. The van der Waals surface area contributed by atoms with Crippen LogP contribution in [0.4, 0.5) is 0 Å². The molecule has 0 saturated heterocycles. The highest BCUT2D eigenvalue weighted by atomic mass is 79.9. The predicted molar refractivity (Wildman–Crippen MR) is 41.9 cm³/mol. The molecule has 1 rings (SSSR count). The predicted octanol–water partition coefficient (Wildman–Crippen LogP) is -0.550. The van der Waals surface area contributed by atoms with E-state index in [0.29, 0.717) is 6.42 Å². The summed E-state index contributed by atoms with van der Waals surface area (Å²) < 4.78 is 0. The van der Waals surface area contributed by atoms with Crippen LogP contribution in [0.3, 0.4) is 0 Å². The lowest BCUT2D eigenvalue weighted by Crippen LogP contribution is -2.30. The lowest BCUT2D eigenvalue weighted by Gasteiger charge is -2.12. The summed E-state index contributed by atoms with van der Waals surface area (Å²) in [6.07, 6.45) is 0.216. The number of alkyl halides is 1. The van der Waals surface area contributed by atoms with Gasteiger partial charge in [-0.05, 0) is 6.42 Å². The second-order valence-corrected chi connectivity index (χ2v) is 3.83. The molecule has 0 amide bonds. The number of nitrogens with two attached hydrogens (primary N) is 1. The van der Waals surface area contributed by atoms with Crippen molar-refractivity contribution in [3.63, 3.8) is 0 Å². The Labute approximate surface area is 68.4 Å². The first kappa shape index (κ1) is 8.46. The first-order valence-corrected chi connectivity index (χ1v) is 4.27. The molecule has 0 aromatic carbocycles. The molecule has 1 aliphatic rings. The lowest BCUT2D eigenvalue weighted by atomic mass is 10.1. The van der Waals surface area contributed by atoms with Crippen molar-refractivity contribution >= 4 is 15.9 Å². The van der Waals surface area contributed by atoms with Crippen LogP contribution < -0.4 is 5.73 Å². The van der Waals surface area contributed by atoms with Gasteiger partial charge in [0.1, 0.15) is 0 Å². The minimum absolute atomic E-state index is 0.0212. The maximum atomic E-state index is 9.34. The van der Waals surface area contributed by atoms with Crippen LogP contribution in [0.15, 0.2) is 0 Å². The third-order valence-corrected chi connectivity index (χ3v) is 3.25. The molecule has 0 radical (unpaired) electrons. The standard InChI is InChI=1S/C6H12BrNO2/c7-5-4(8)1-3(2-9)6(5)10/h3-6,9-10H,1-2,8H2/t3-,4+,5?,6+/m0/s1. The van der Waals surface area contributed by atoms with Crippen LogP contribution in [-0.4, -0.2) is 33.8 Å². The molecular weight excluding hydrogens is 198 g/mol. The summed E-state index contributed by atoms with van der Waals surface area (Å²) in [4.78, 5) is -0.0513. The van der Waals surface area contributed by atoms with E-state index >= 15 is 0 Å². The summed E-state index contributed by atoms with van der Waals surface area (Å²) >= 11 is 3.26. The maximum Gasteiger partial charge on any atom is 0.0730 e. The number of rotatable bonds is 1. The van der Waals surface area contributed by atoms with Gasteiger partial charge in [-0.15, -0.1) is 0 Å². The van der Waals surface area contributed by atoms with Crippen LogP contribution in [0, 0.1) is 5.92 Å². The van der Waals surface area contributed by atoms with Gasteiger partial charge in [0.2, 0.25) is 0 Å². The Morgan fingerprint density at radius 2 is 2.20 bits per heavy atom. The topological polar surface area (TPSA) is 66.5 Å². The molecule has 0 bridgehead atoms. The van der Waals surface area contributed by atoms with Crippen LogP contribution in [0.5, 0.6) is 0 Å². The molecule has 4 atom stereocenters. The van der Waals surface area contributed by atoms with E-state index in [9.17, 15) is 5.11 Å². The monoisotopic (exact) mass is 209 g/mol. The van der Waals surface area contributed by atoms with Crippen LogP contribution in [-0.2, 0) is 0 Å². The number of aliphatic hydroxyl groups is 2. The van der Waals surface area contributed by atoms with E-state index in [-0.39, 0.29) is 23.4 Å². The number of hydrogen-bond acceptors (Lipinski definition) is 3. The van der Waals surface area contributed by atoms with Gasteiger partial charge in [-0.2, -0.15) is 0 Å². The van der Waals surface area contributed by atoms with Crippen LogP contribution in [0.25, 0.3) is 0 Å². The van der Waals surface area contributed by atoms with Gasteiger partial charge in [0.25, 0.3) is 0 Å². The van der Waals surface area contributed by atoms with Gasteiger partial charge in [-0.25, -0.2) is 0 Å². The van der Waals surface area contributed by atoms with Crippen molar-refractivity contribution in [3.8, 4) is 0 Å². The number of aliphatic hydroxyl groups excluding tert-OH is 2. The summed E-state index contributed by atoms with van der Waals surface area (Å²) in [6, 6.07) is -0.0212. The Morgan fingerprint density at radius 1 is 1.60 bits per heavy atom. The third-order valence-electron chi connectivity index (χ3n) is 2.03. The molecule has 10 heavy (non-hydrogen) atoms. The molecule has 0 aromatic heterocycles. The highest BCUT2D eigenvalue weighted by Crippen LogP contribution is 2.29. The molecule has 0 aromatic rings. The SMILES string of the molecule is N[C@@H]1C[C@@H](CO)[C@@H](O)C1Br. The third kappa shape index (κ3) is 1.34. The normalized spacial score (nSPS) is 48.0. The van der Waals surface area contributed by atoms with Crippen LogP contribution in [0.1, 0.15) is 6.42 Å². The largest absolute Gasteiger partial charge is 0.396 e. The molecule has 0 aliphatic heterocycles. The number of halogens is 1. The summed E-state index contributed by atoms with van der Waals surface area (Å²) in [6.45, 7) is 0.0248. The Kier molecular flexibility index (Phi) is 2.68. The molecule has 4 N–H and O–H groups in total. The summed E-state index contributed by atoms with van der Waals surface area (Å²) in [7, 11) is 0. The highest BCUT2D eigenvalue weighted by Gasteiger charge is 2.38. The summed E-state index contributed by atoms with van der Waals surface area (Å²) in [5, 5.41) is 18.1. The van der Waals surface area contributed by atoms with E-state index in [2.05, 4.69) is 15.9 Å². The van der Waals surface area contributed by atoms with Crippen molar-refractivity contribution in [2.45, 2.75) is 23.4 Å². The number of hydrogen-bond donors (Lipinski definition) is 3. The zero-order valence-electron chi connectivity index (χ0n) is 5.57. The first-order chi connectivity index (χ1) is 4.66. The van der Waals surface area contributed by atoms with Gasteiger partial charge in [0.05, 0.1) is 10.9 Å². The summed E-state index contributed by atoms with van der Waals surface area (Å²) in [5.41, 5.74) is 5.62. The van der Waals surface area contributed by atoms with E-state index in [4.69, 9.17) is 10.8 Å². The fourth-order valence-corrected chi connectivity index (χ4v) is 1.96.